The van der Waals surface area contributed by atoms with Gasteiger partial charge in [0.15, 0.2) is 5.13 Å². The highest BCUT2D eigenvalue weighted by atomic mass is 32.1. The lowest BCUT2D eigenvalue weighted by molar-refractivity contribution is 0.583. The zero-order valence-electron chi connectivity index (χ0n) is 9.49. The molecule has 1 aliphatic rings. The van der Waals surface area contributed by atoms with Crippen LogP contribution in [0.4, 0.5) is 5.13 Å². The number of rotatable bonds is 4. The van der Waals surface area contributed by atoms with Crippen molar-refractivity contribution < 1.29 is 0 Å². The molecule has 2 rings (SSSR count). The molecule has 15 heavy (non-hydrogen) atoms. The van der Waals surface area contributed by atoms with Crippen LogP contribution >= 0.6 is 11.3 Å². The molecular weight excluding hydrogens is 206 g/mol. The largest absolute Gasteiger partial charge is 0.348 e. The zero-order chi connectivity index (χ0) is 10.7. The second kappa shape index (κ2) is 4.94. The van der Waals surface area contributed by atoms with E-state index in [-0.39, 0.29) is 0 Å². The van der Waals surface area contributed by atoms with Gasteiger partial charge in [-0.05, 0) is 12.8 Å². The molecule has 4 heteroatoms. The van der Waals surface area contributed by atoms with Gasteiger partial charge < -0.3 is 10.2 Å². The number of hydrogen-bond acceptors (Lipinski definition) is 4. The van der Waals surface area contributed by atoms with Gasteiger partial charge in [0.2, 0.25) is 0 Å². The Morgan fingerprint density at radius 1 is 1.47 bits per heavy atom. The third kappa shape index (κ3) is 2.92. The highest BCUT2D eigenvalue weighted by Gasteiger charge is 2.15. The van der Waals surface area contributed by atoms with Gasteiger partial charge in [-0.2, -0.15) is 0 Å². The second-order valence-electron chi connectivity index (χ2n) is 4.35. The molecule has 0 aliphatic carbocycles. The number of aromatic nitrogens is 1. The van der Waals surface area contributed by atoms with Crippen LogP contribution in [0.25, 0.3) is 0 Å². The van der Waals surface area contributed by atoms with E-state index in [4.69, 9.17) is 0 Å². The lowest BCUT2D eigenvalue weighted by Gasteiger charge is -2.12. The van der Waals surface area contributed by atoms with E-state index >= 15 is 0 Å². The van der Waals surface area contributed by atoms with Crippen molar-refractivity contribution in [2.75, 3.05) is 18.0 Å². The summed E-state index contributed by atoms with van der Waals surface area (Å²) >= 11 is 1.77. The van der Waals surface area contributed by atoms with Crippen LogP contribution < -0.4 is 10.2 Å². The minimum atomic E-state index is 0.530. The summed E-state index contributed by atoms with van der Waals surface area (Å²) in [6, 6.07) is 0.530. The van der Waals surface area contributed by atoms with Gasteiger partial charge in [0.05, 0.1) is 5.69 Å². The first-order chi connectivity index (χ1) is 7.25. The molecule has 1 N–H and O–H groups in total. The van der Waals surface area contributed by atoms with Crippen molar-refractivity contribution in [1.82, 2.24) is 10.3 Å². The fraction of sp³-hybridized carbons (Fsp3) is 0.727. The summed E-state index contributed by atoms with van der Waals surface area (Å²) in [5, 5.41) is 6.76. The lowest BCUT2D eigenvalue weighted by atomic mass is 10.4. The van der Waals surface area contributed by atoms with Crippen LogP contribution in [0.15, 0.2) is 5.38 Å². The fourth-order valence-electron chi connectivity index (χ4n) is 1.74. The summed E-state index contributed by atoms with van der Waals surface area (Å²) in [6.45, 7) is 7.58. The van der Waals surface area contributed by atoms with Crippen LogP contribution in [-0.4, -0.2) is 24.1 Å². The van der Waals surface area contributed by atoms with Gasteiger partial charge in [-0.25, -0.2) is 4.98 Å². The summed E-state index contributed by atoms with van der Waals surface area (Å²) in [4.78, 5) is 7.04. The second-order valence-corrected chi connectivity index (χ2v) is 5.19. The smallest absolute Gasteiger partial charge is 0.185 e. The summed E-state index contributed by atoms with van der Waals surface area (Å²) in [6.07, 6.45) is 2.64. The van der Waals surface area contributed by atoms with Crippen molar-refractivity contribution in [2.24, 2.45) is 0 Å². The predicted octanol–water partition coefficient (Wildman–Crippen LogP) is 2.24. The Labute approximate surface area is 95.5 Å². The molecule has 0 atom stereocenters. The molecule has 0 amide bonds. The topological polar surface area (TPSA) is 28.2 Å². The minimum absolute atomic E-state index is 0.530. The van der Waals surface area contributed by atoms with Crippen molar-refractivity contribution in [2.45, 2.75) is 39.3 Å². The normalized spacial score (nSPS) is 16.6. The first kappa shape index (κ1) is 10.9. The Morgan fingerprint density at radius 2 is 2.20 bits per heavy atom. The van der Waals surface area contributed by atoms with Gasteiger partial charge in [0.25, 0.3) is 0 Å². The van der Waals surface area contributed by atoms with Crippen LogP contribution in [0.1, 0.15) is 32.4 Å². The predicted molar refractivity (Wildman–Crippen MR) is 65.5 cm³/mol. The molecule has 1 saturated heterocycles. The quantitative estimate of drug-likeness (QED) is 0.852. The van der Waals surface area contributed by atoms with E-state index in [2.05, 4.69) is 34.4 Å². The van der Waals surface area contributed by atoms with Gasteiger partial charge in [0, 0.05) is 31.1 Å². The van der Waals surface area contributed by atoms with Crippen molar-refractivity contribution in [3.05, 3.63) is 11.1 Å². The molecule has 0 unspecified atom stereocenters. The van der Waals surface area contributed by atoms with Crippen LogP contribution in [0.5, 0.6) is 0 Å². The van der Waals surface area contributed by atoms with E-state index in [1.165, 1.54) is 36.8 Å². The van der Waals surface area contributed by atoms with Crippen molar-refractivity contribution in [3.8, 4) is 0 Å². The lowest BCUT2D eigenvalue weighted by Crippen LogP contribution is -2.22. The third-order valence-corrected chi connectivity index (χ3v) is 3.56. The zero-order valence-corrected chi connectivity index (χ0v) is 10.3. The Balaban J connectivity index is 1.91. The molecule has 1 aromatic heterocycles. The number of anilines is 1. The Morgan fingerprint density at radius 3 is 2.87 bits per heavy atom. The van der Waals surface area contributed by atoms with E-state index < -0.39 is 0 Å². The first-order valence-corrected chi connectivity index (χ1v) is 6.56. The van der Waals surface area contributed by atoms with Gasteiger partial charge >= 0.3 is 0 Å². The summed E-state index contributed by atoms with van der Waals surface area (Å²) in [7, 11) is 0. The van der Waals surface area contributed by atoms with E-state index in [1.807, 2.05) is 0 Å². The fourth-order valence-corrected chi connectivity index (χ4v) is 2.62. The number of nitrogens with one attached hydrogen (secondary N) is 1. The molecule has 1 aromatic rings. The van der Waals surface area contributed by atoms with Gasteiger partial charge in [-0.1, -0.05) is 13.8 Å². The average molecular weight is 225 g/mol. The number of hydrogen-bond donors (Lipinski definition) is 1. The summed E-state index contributed by atoms with van der Waals surface area (Å²) < 4.78 is 0. The van der Waals surface area contributed by atoms with Crippen molar-refractivity contribution in [3.63, 3.8) is 0 Å². The highest BCUT2D eigenvalue weighted by molar-refractivity contribution is 7.13. The molecule has 1 fully saturated rings. The van der Waals surface area contributed by atoms with E-state index in [0.29, 0.717) is 6.04 Å². The average Bonchev–Trinajstić information content (AvgIpc) is 2.85. The van der Waals surface area contributed by atoms with Crippen molar-refractivity contribution in [1.29, 1.82) is 0 Å². The Kier molecular flexibility index (Phi) is 3.59. The maximum Gasteiger partial charge on any atom is 0.185 e. The van der Waals surface area contributed by atoms with E-state index in [1.54, 1.807) is 11.3 Å². The Hall–Kier alpha value is -0.610. The van der Waals surface area contributed by atoms with Crippen LogP contribution in [0.3, 0.4) is 0 Å². The summed E-state index contributed by atoms with van der Waals surface area (Å²) in [5.41, 5.74) is 1.18. The molecule has 84 valence electrons. The first-order valence-electron chi connectivity index (χ1n) is 5.68. The maximum absolute atomic E-state index is 4.65. The summed E-state index contributed by atoms with van der Waals surface area (Å²) in [5.74, 6) is 0. The monoisotopic (exact) mass is 225 g/mol. The molecule has 2 heterocycles. The number of nitrogens with zero attached hydrogens (tertiary/aromatic N) is 2. The minimum Gasteiger partial charge on any atom is -0.348 e. The SMILES string of the molecule is CC(C)NCc1csc(N2CCCC2)n1. The van der Waals surface area contributed by atoms with E-state index in [9.17, 15) is 0 Å². The molecule has 1 aliphatic heterocycles. The molecular formula is C11H19N3S. The molecule has 0 radical (unpaired) electrons. The van der Waals surface area contributed by atoms with Crippen LogP contribution in [-0.2, 0) is 6.54 Å². The number of thiazole rings is 1. The van der Waals surface area contributed by atoms with Crippen LogP contribution in [0.2, 0.25) is 0 Å². The van der Waals surface area contributed by atoms with Crippen LogP contribution in [0, 0.1) is 0 Å². The molecule has 0 aromatic carbocycles. The van der Waals surface area contributed by atoms with Gasteiger partial charge in [-0.3, -0.25) is 0 Å². The van der Waals surface area contributed by atoms with Gasteiger partial charge in [-0.15, -0.1) is 11.3 Å². The molecule has 0 saturated carbocycles. The Bertz CT molecular complexity index is 303. The molecule has 0 spiro atoms. The molecule has 0 bridgehead atoms. The highest BCUT2D eigenvalue weighted by Crippen LogP contribution is 2.24. The maximum atomic E-state index is 4.65. The standard InChI is InChI=1S/C11H19N3S/c1-9(2)12-7-10-8-15-11(13-10)14-5-3-4-6-14/h8-9,12H,3-7H2,1-2H3. The van der Waals surface area contributed by atoms with E-state index in [0.717, 1.165) is 6.54 Å². The van der Waals surface area contributed by atoms with Crippen molar-refractivity contribution >= 4 is 16.5 Å². The third-order valence-electron chi connectivity index (χ3n) is 2.61. The molecule has 3 nitrogen and oxygen atoms in total. The van der Waals surface area contributed by atoms with Gasteiger partial charge in [0.1, 0.15) is 0 Å².